The molecule has 0 amide bonds. The summed E-state index contributed by atoms with van der Waals surface area (Å²) in [4.78, 5) is 2.45. The highest BCUT2D eigenvalue weighted by Gasteiger charge is 2.17. The van der Waals surface area contributed by atoms with Crippen LogP contribution in [0.5, 0.6) is 0 Å². The number of nitrogens with two attached hydrogens (primary N) is 1. The first kappa shape index (κ1) is 11.0. The predicted molar refractivity (Wildman–Crippen MR) is 57.8 cm³/mol. The average molecular weight is 184 g/mol. The molecule has 1 rings (SSSR count). The molecule has 0 aromatic rings. The van der Waals surface area contributed by atoms with Gasteiger partial charge in [-0.25, -0.2) is 0 Å². The highest BCUT2D eigenvalue weighted by molar-refractivity contribution is 4.74. The summed E-state index contributed by atoms with van der Waals surface area (Å²) >= 11 is 0. The van der Waals surface area contributed by atoms with Crippen molar-refractivity contribution in [1.82, 2.24) is 4.90 Å². The molecule has 78 valence electrons. The zero-order chi connectivity index (χ0) is 9.68. The summed E-state index contributed by atoms with van der Waals surface area (Å²) in [6, 6.07) is 1.11. The van der Waals surface area contributed by atoms with Crippen LogP contribution in [0.4, 0.5) is 0 Å². The molecule has 1 saturated carbocycles. The van der Waals surface area contributed by atoms with Crippen molar-refractivity contribution in [1.29, 1.82) is 0 Å². The van der Waals surface area contributed by atoms with E-state index in [4.69, 9.17) is 5.73 Å². The molecule has 13 heavy (non-hydrogen) atoms. The van der Waals surface area contributed by atoms with Crippen molar-refractivity contribution >= 4 is 0 Å². The summed E-state index contributed by atoms with van der Waals surface area (Å²) in [5, 5.41) is 0. The van der Waals surface area contributed by atoms with Gasteiger partial charge in [0, 0.05) is 18.6 Å². The second-order valence-corrected chi connectivity index (χ2v) is 4.56. The Balaban J connectivity index is 2.30. The molecule has 2 nitrogen and oxygen atoms in total. The third kappa shape index (κ3) is 4.10. The van der Waals surface area contributed by atoms with Crippen molar-refractivity contribution in [2.75, 3.05) is 13.6 Å². The van der Waals surface area contributed by atoms with E-state index in [1.54, 1.807) is 0 Å². The van der Waals surface area contributed by atoms with Gasteiger partial charge in [-0.05, 0) is 26.8 Å². The number of likely N-dealkylation sites (N-methyl/N-ethyl adjacent to an activating group) is 1. The topological polar surface area (TPSA) is 29.3 Å². The van der Waals surface area contributed by atoms with Gasteiger partial charge in [-0.3, -0.25) is 0 Å². The van der Waals surface area contributed by atoms with Gasteiger partial charge in [0.25, 0.3) is 0 Å². The molecule has 0 saturated heterocycles. The van der Waals surface area contributed by atoms with E-state index in [-0.39, 0.29) is 0 Å². The number of hydrogen-bond acceptors (Lipinski definition) is 2. The van der Waals surface area contributed by atoms with E-state index >= 15 is 0 Å². The molecule has 0 unspecified atom stereocenters. The number of nitrogens with zero attached hydrogens (tertiary/aromatic N) is 1. The Morgan fingerprint density at radius 3 is 2.23 bits per heavy atom. The third-order valence-electron chi connectivity index (χ3n) is 3.02. The molecule has 2 N–H and O–H groups in total. The summed E-state index contributed by atoms with van der Waals surface area (Å²) in [5.41, 5.74) is 5.80. The summed E-state index contributed by atoms with van der Waals surface area (Å²) < 4.78 is 0. The summed E-state index contributed by atoms with van der Waals surface area (Å²) in [5.74, 6) is 0. The van der Waals surface area contributed by atoms with Crippen LogP contribution in [0.2, 0.25) is 0 Å². The minimum atomic E-state index is 0.313. The molecule has 0 aromatic heterocycles. The van der Waals surface area contributed by atoms with E-state index in [9.17, 15) is 0 Å². The van der Waals surface area contributed by atoms with Crippen LogP contribution in [0, 0.1) is 0 Å². The predicted octanol–water partition coefficient (Wildman–Crippen LogP) is 1.99. The van der Waals surface area contributed by atoms with Crippen molar-refractivity contribution < 1.29 is 0 Å². The van der Waals surface area contributed by atoms with E-state index in [0.717, 1.165) is 12.6 Å². The van der Waals surface area contributed by atoms with Gasteiger partial charge in [0.15, 0.2) is 0 Å². The summed E-state index contributed by atoms with van der Waals surface area (Å²) in [6.45, 7) is 3.14. The second kappa shape index (κ2) is 5.61. The SMILES string of the molecule is C[C@@H](N)CN(C)C1CCCCCC1. The Kier molecular flexibility index (Phi) is 4.74. The largest absolute Gasteiger partial charge is 0.327 e. The van der Waals surface area contributed by atoms with E-state index < -0.39 is 0 Å². The fourth-order valence-electron chi connectivity index (χ4n) is 2.30. The average Bonchev–Trinajstić information content (AvgIpc) is 2.29. The third-order valence-corrected chi connectivity index (χ3v) is 3.02. The molecule has 1 aliphatic rings. The van der Waals surface area contributed by atoms with Gasteiger partial charge >= 0.3 is 0 Å². The second-order valence-electron chi connectivity index (χ2n) is 4.56. The van der Waals surface area contributed by atoms with Gasteiger partial charge < -0.3 is 10.6 Å². The van der Waals surface area contributed by atoms with Crippen LogP contribution in [0.15, 0.2) is 0 Å². The van der Waals surface area contributed by atoms with Gasteiger partial charge in [0.2, 0.25) is 0 Å². The number of rotatable bonds is 3. The van der Waals surface area contributed by atoms with Crippen LogP contribution in [0.1, 0.15) is 45.4 Å². The highest BCUT2D eigenvalue weighted by atomic mass is 15.1. The first-order valence-electron chi connectivity index (χ1n) is 5.66. The lowest BCUT2D eigenvalue weighted by Gasteiger charge is -2.28. The molecule has 0 radical (unpaired) electrons. The Morgan fingerprint density at radius 1 is 1.23 bits per heavy atom. The standard InChI is InChI=1S/C11H24N2/c1-10(12)9-13(2)11-7-5-3-4-6-8-11/h10-11H,3-9,12H2,1-2H3/t10-/m1/s1. The maximum Gasteiger partial charge on any atom is 0.0139 e. The Hall–Kier alpha value is -0.0800. The minimum Gasteiger partial charge on any atom is -0.327 e. The van der Waals surface area contributed by atoms with Crippen molar-refractivity contribution in [2.24, 2.45) is 5.73 Å². The molecule has 0 bridgehead atoms. The van der Waals surface area contributed by atoms with Gasteiger partial charge in [-0.2, -0.15) is 0 Å². The molecule has 1 aliphatic carbocycles. The monoisotopic (exact) mass is 184 g/mol. The van der Waals surface area contributed by atoms with Gasteiger partial charge in [-0.1, -0.05) is 25.7 Å². The first-order valence-corrected chi connectivity index (χ1v) is 5.66. The van der Waals surface area contributed by atoms with Crippen LogP contribution in [0.25, 0.3) is 0 Å². The maximum atomic E-state index is 5.80. The van der Waals surface area contributed by atoms with Crippen LogP contribution in [-0.4, -0.2) is 30.6 Å². The van der Waals surface area contributed by atoms with Crippen molar-refractivity contribution in [3.63, 3.8) is 0 Å². The van der Waals surface area contributed by atoms with Crippen LogP contribution in [-0.2, 0) is 0 Å². The van der Waals surface area contributed by atoms with Crippen LogP contribution < -0.4 is 5.73 Å². The summed E-state index contributed by atoms with van der Waals surface area (Å²) in [6.07, 6.45) is 8.44. The van der Waals surface area contributed by atoms with E-state index in [0.29, 0.717) is 6.04 Å². The van der Waals surface area contributed by atoms with Crippen LogP contribution in [0.3, 0.4) is 0 Å². The molecular weight excluding hydrogens is 160 g/mol. The Labute approximate surface area is 82.5 Å². The lowest BCUT2D eigenvalue weighted by Crippen LogP contribution is -2.39. The van der Waals surface area contributed by atoms with Crippen molar-refractivity contribution in [3.05, 3.63) is 0 Å². The smallest absolute Gasteiger partial charge is 0.0139 e. The molecule has 0 aromatic carbocycles. The Bertz CT molecular complexity index is 126. The molecule has 0 spiro atoms. The van der Waals surface area contributed by atoms with E-state index in [2.05, 4.69) is 18.9 Å². The molecule has 0 aliphatic heterocycles. The van der Waals surface area contributed by atoms with Crippen molar-refractivity contribution in [3.8, 4) is 0 Å². The fraction of sp³-hybridized carbons (Fsp3) is 1.00. The maximum absolute atomic E-state index is 5.80. The van der Waals surface area contributed by atoms with E-state index in [1.807, 2.05) is 0 Å². The highest BCUT2D eigenvalue weighted by Crippen LogP contribution is 2.20. The molecule has 2 heteroatoms. The summed E-state index contributed by atoms with van der Waals surface area (Å²) in [7, 11) is 2.22. The minimum absolute atomic E-state index is 0.313. The number of hydrogen-bond donors (Lipinski definition) is 1. The lowest BCUT2D eigenvalue weighted by molar-refractivity contribution is 0.212. The van der Waals surface area contributed by atoms with Gasteiger partial charge in [-0.15, -0.1) is 0 Å². The zero-order valence-electron chi connectivity index (χ0n) is 9.13. The van der Waals surface area contributed by atoms with Crippen molar-refractivity contribution in [2.45, 2.75) is 57.5 Å². The fourth-order valence-corrected chi connectivity index (χ4v) is 2.30. The Morgan fingerprint density at radius 2 is 1.77 bits per heavy atom. The van der Waals surface area contributed by atoms with Gasteiger partial charge in [0.05, 0.1) is 0 Å². The molecule has 1 fully saturated rings. The van der Waals surface area contributed by atoms with Gasteiger partial charge in [0.1, 0.15) is 0 Å². The lowest BCUT2D eigenvalue weighted by atomic mass is 10.1. The first-order chi connectivity index (χ1) is 6.20. The zero-order valence-corrected chi connectivity index (χ0v) is 9.13. The molecule has 1 atom stereocenters. The van der Waals surface area contributed by atoms with Crippen LogP contribution >= 0.6 is 0 Å². The quantitative estimate of drug-likeness (QED) is 0.680. The molecular formula is C11H24N2. The van der Waals surface area contributed by atoms with E-state index in [1.165, 1.54) is 38.5 Å². The normalized spacial score (nSPS) is 23.1. The molecule has 0 heterocycles.